The number of hydrogen-bond donors (Lipinski definition) is 0. The van der Waals surface area contributed by atoms with Crippen LogP contribution in [0.25, 0.3) is 11.0 Å². The van der Waals surface area contributed by atoms with Crippen LogP contribution in [-0.2, 0) is 19.4 Å². The van der Waals surface area contributed by atoms with Gasteiger partial charge in [-0.05, 0) is 48.2 Å². The Morgan fingerprint density at radius 3 is 2.56 bits per heavy atom. The third kappa shape index (κ3) is 2.78. The maximum atomic E-state index is 11.9. The van der Waals surface area contributed by atoms with E-state index < -0.39 is 0 Å². The molecule has 0 spiro atoms. The average Bonchev–Trinajstić information content (AvgIpc) is 2.66. The summed E-state index contributed by atoms with van der Waals surface area (Å²) in [4.78, 5) is 14.1. The highest BCUT2D eigenvalue weighted by Crippen LogP contribution is 2.34. The van der Waals surface area contributed by atoms with Crippen LogP contribution in [0.1, 0.15) is 30.5 Å². The van der Waals surface area contributed by atoms with Gasteiger partial charge in [-0.3, -0.25) is 0 Å². The Hall–Kier alpha value is -2.75. The van der Waals surface area contributed by atoms with E-state index in [2.05, 4.69) is 36.1 Å². The largest absolute Gasteiger partial charge is 0.473 e. The van der Waals surface area contributed by atoms with E-state index in [1.165, 1.54) is 5.56 Å². The molecule has 0 radical (unpaired) electrons. The first-order valence-corrected chi connectivity index (χ1v) is 8.75. The number of ether oxygens (including phenoxy) is 1. The van der Waals surface area contributed by atoms with Crippen LogP contribution in [0.2, 0.25) is 0 Å². The van der Waals surface area contributed by atoms with Crippen molar-refractivity contribution in [1.29, 1.82) is 0 Å². The molecule has 3 aromatic rings. The fourth-order valence-corrected chi connectivity index (χ4v) is 3.40. The molecule has 25 heavy (non-hydrogen) atoms. The highest BCUT2D eigenvalue weighted by molar-refractivity contribution is 5.85. The molecule has 4 nitrogen and oxygen atoms in total. The number of nitrogens with zero attached hydrogens (tertiary/aromatic N) is 1. The molecule has 0 N–H and O–H groups in total. The lowest BCUT2D eigenvalue weighted by Crippen LogP contribution is -2.32. The summed E-state index contributed by atoms with van der Waals surface area (Å²) >= 11 is 0. The van der Waals surface area contributed by atoms with Crippen molar-refractivity contribution >= 4 is 16.7 Å². The van der Waals surface area contributed by atoms with Crippen molar-refractivity contribution in [2.75, 3.05) is 11.6 Å². The van der Waals surface area contributed by atoms with E-state index in [1.807, 2.05) is 19.1 Å². The molecule has 0 saturated carbocycles. The molecule has 0 saturated heterocycles. The monoisotopic (exact) mass is 335 g/mol. The van der Waals surface area contributed by atoms with Crippen molar-refractivity contribution in [3.63, 3.8) is 0 Å². The third-order valence-corrected chi connectivity index (χ3v) is 4.87. The summed E-state index contributed by atoms with van der Waals surface area (Å²) in [5, 5.41) is 0.993. The lowest BCUT2D eigenvalue weighted by atomic mass is 10.0. The minimum absolute atomic E-state index is 0.304. The summed E-state index contributed by atoms with van der Waals surface area (Å²) < 4.78 is 11.5. The van der Waals surface area contributed by atoms with Gasteiger partial charge in [0.2, 0.25) is 0 Å². The minimum atomic E-state index is -0.304. The standard InChI is InChI=1S/C21H21NO3/c1-3-14-5-7-16(8-6-14)22-12-18-19(24-13-22)10-9-17-15(4-2)11-20(23)25-21(17)18/h5-11H,3-4,12-13H2,1-2H3. The van der Waals surface area contributed by atoms with E-state index >= 15 is 0 Å². The van der Waals surface area contributed by atoms with Gasteiger partial charge in [0.1, 0.15) is 11.3 Å². The highest BCUT2D eigenvalue weighted by Gasteiger charge is 2.22. The highest BCUT2D eigenvalue weighted by atomic mass is 16.5. The van der Waals surface area contributed by atoms with Gasteiger partial charge in [-0.1, -0.05) is 26.0 Å². The van der Waals surface area contributed by atoms with E-state index in [4.69, 9.17) is 9.15 Å². The predicted molar refractivity (Wildman–Crippen MR) is 99.4 cm³/mol. The SMILES string of the molecule is CCc1ccc(N2COc3ccc4c(CC)cc(=O)oc4c3C2)cc1. The van der Waals surface area contributed by atoms with Crippen molar-refractivity contribution in [3.8, 4) is 5.75 Å². The second-order valence-electron chi connectivity index (χ2n) is 6.35. The number of fused-ring (bicyclic) bond motifs is 3. The molecule has 4 rings (SSSR count). The normalized spacial score (nSPS) is 13.6. The van der Waals surface area contributed by atoms with E-state index in [0.29, 0.717) is 18.9 Å². The molecule has 0 atom stereocenters. The van der Waals surface area contributed by atoms with Crippen LogP contribution >= 0.6 is 0 Å². The molecule has 0 bridgehead atoms. The second-order valence-corrected chi connectivity index (χ2v) is 6.35. The van der Waals surface area contributed by atoms with Crippen LogP contribution in [0, 0.1) is 0 Å². The van der Waals surface area contributed by atoms with Crippen LogP contribution in [0.4, 0.5) is 5.69 Å². The van der Waals surface area contributed by atoms with E-state index in [9.17, 15) is 4.79 Å². The molecule has 0 aliphatic carbocycles. The average molecular weight is 335 g/mol. The molecule has 128 valence electrons. The van der Waals surface area contributed by atoms with Crippen LogP contribution < -0.4 is 15.3 Å². The molecule has 1 aromatic heterocycles. The molecular weight excluding hydrogens is 314 g/mol. The van der Waals surface area contributed by atoms with Crippen molar-refractivity contribution in [2.45, 2.75) is 33.2 Å². The molecule has 0 fully saturated rings. The number of benzene rings is 2. The van der Waals surface area contributed by atoms with Crippen LogP contribution in [-0.4, -0.2) is 6.73 Å². The summed E-state index contributed by atoms with van der Waals surface area (Å²) in [6, 6.07) is 14.1. The van der Waals surface area contributed by atoms with Gasteiger partial charge in [0.25, 0.3) is 0 Å². The summed E-state index contributed by atoms with van der Waals surface area (Å²) in [5.41, 5.74) is 4.72. The Bertz CT molecular complexity index is 973. The molecule has 2 heterocycles. The summed E-state index contributed by atoms with van der Waals surface area (Å²) in [7, 11) is 0. The van der Waals surface area contributed by atoms with Gasteiger partial charge in [-0.2, -0.15) is 0 Å². The Kier molecular flexibility index (Phi) is 3.96. The maximum absolute atomic E-state index is 11.9. The lowest BCUT2D eigenvalue weighted by molar-refractivity contribution is 0.289. The zero-order chi connectivity index (χ0) is 17.4. The van der Waals surface area contributed by atoms with E-state index in [-0.39, 0.29) is 5.63 Å². The number of aryl methyl sites for hydroxylation is 2. The quantitative estimate of drug-likeness (QED) is 0.670. The minimum Gasteiger partial charge on any atom is -0.473 e. The molecule has 0 unspecified atom stereocenters. The van der Waals surface area contributed by atoms with Gasteiger partial charge in [0.15, 0.2) is 6.73 Å². The first-order chi connectivity index (χ1) is 12.2. The number of anilines is 1. The second kappa shape index (κ2) is 6.28. The Morgan fingerprint density at radius 1 is 1.04 bits per heavy atom. The van der Waals surface area contributed by atoms with Crippen molar-refractivity contribution in [2.24, 2.45) is 0 Å². The van der Waals surface area contributed by atoms with E-state index in [1.54, 1.807) is 6.07 Å². The lowest BCUT2D eigenvalue weighted by Gasteiger charge is -2.31. The van der Waals surface area contributed by atoms with Gasteiger partial charge in [-0.25, -0.2) is 4.79 Å². The molecule has 2 aromatic carbocycles. The van der Waals surface area contributed by atoms with Crippen LogP contribution in [0.15, 0.2) is 51.7 Å². The molecule has 0 amide bonds. The molecule has 1 aliphatic rings. The maximum Gasteiger partial charge on any atom is 0.336 e. The van der Waals surface area contributed by atoms with E-state index in [0.717, 1.165) is 40.8 Å². The van der Waals surface area contributed by atoms with Gasteiger partial charge in [0.05, 0.1) is 12.1 Å². The molecule has 1 aliphatic heterocycles. The topological polar surface area (TPSA) is 42.7 Å². The smallest absolute Gasteiger partial charge is 0.336 e. The van der Waals surface area contributed by atoms with Gasteiger partial charge in [-0.15, -0.1) is 0 Å². The van der Waals surface area contributed by atoms with Crippen molar-refractivity contribution in [1.82, 2.24) is 0 Å². The molecular formula is C21H21NO3. The number of hydrogen-bond acceptors (Lipinski definition) is 4. The molecule has 4 heteroatoms. The van der Waals surface area contributed by atoms with Crippen LogP contribution in [0.3, 0.4) is 0 Å². The Labute approximate surface area is 146 Å². The first kappa shape index (κ1) is 15.8. The third-order valence-electron chi connectivity index (χ3n) is 4.87. The van der Waals surface area contributed by atoms with Gasteiger partial charge in [0, 0.05) is 17.1 Å². The van der Waals surface area contributed by atoms with Gasteiger partial charge >= 0.3 is 5.63 Å². The zero-order valence-corrected chi connectivity index (χ0v) is 14.5. The zero-order valence-electron chi connectivity index (χ0n) is 14.5. The fraction of sp³-hybridized carbons (Fsp3) is 0.286. The van der Waals surface area contributed by atoms with Crippen LogP contribution in [0.5, 0.6) is 5.75 Å². The Morgan fingerprint density at radius 2 is 1.84 bits per heavy atom. The van der Waals surface area contributed by atoms with Crippen molar-refractivity contribution in [3.05, 3.63) is 69.6 Å². The fourth-order valence-electron chi connectivity index (χ4n) is 3.40. The number of rotatable bonds is 3. The van der Waals surface area contributed by atoms with Crippen molar-refractivity contribution < 1.29 is 9.15 Å². The summed E-state index contributed by atoms with van der Waals surface area (Å²) in [6.45, 7) is 5.34. The predicted octanol–water partition coefficient (Wildman–Crippen LogP) is 4.27. The first-order valence-electron chi connectivity index (χ1n) is 8.75. The van der Waals surface area contributed by atoms with Gasteiger partial charge < -0.3 is 14.1 Å². The summed E-state index contributed by atoms with van der Waals surface area (Å²) in [6.07, 6.45) is 1.82. The Balaban J connectivity index is 1.78. The summed E-state index contributed by atoms with van der Waals surface area (Å²) in [5.74, 6) is 0.797.